The van der Waals surface area contributed by atoms with Gasteiger partial charge >= 0.3 is 17.9 Å². The summed E-state index contributed by atoms with van der Waals surface area (Å²) in [6.45, 7) is 6.29. The van der Waals surface area contributed by atoms with E-state index in [4.69, 9.17) is 14.2 Å². The smallest absolute Gasteiger partial charge is 0.306 e. The van der Waals surface area contributed by atoms with Crippen LogP contribution in [0.25, 0.3) is 0 Å². The first kappa shape index (κ1) is 67.0. The molecule has 0 amide bonds. The van der Waals surface area contributed by atoms with E-state index in [0.29, 0.717) is 19.3 Å². The van der Waals surface area contributed by atoms with E-state index in [0.717, 1.165) is 141 Å². The highest BCUT2D eigenvalue weighted by Gasteiger charge is 2.19. The van der Waals surface area contributed by atoms with Gasteiger partial charge in [-0.3, -0.25) is 14.4 Å². The first-order valence-corrected chi connectivity index (χ1v) is 28.5. The van der Waals surface area contributed by atoms with Gasteiger partial charge in [0.05, 0.1) is 0 Å². The summed E-state index contributed by atoms with van der Waals surface area (Å²) < 4.78 is 16.7. The van der Waals surface area contributed by atoms with Gasteiger partial charge < -0.3 is 14.2 Å². The van der Waals surface area contributed by atoms with Crippen LogP contribution in [0.2, 0.25) is 0 Å². The number of allylic oxidation sites excluding steroid dienone is 26. The van der Waals surface area contributed by atoms with Crippen LogP contribution in [-0.2, 0) is 28.6 Å². The zero-order valence-corrected chi connectivity index (χ0v) is 45.9. The second kappa shape index (κ2) is 58.6. The third-order valence-corrected chi connectivity index (χ3v) is 11.3. The fraction of sp³-hybridized carbons (Fsp3) is 0.561. The van der Waals surface area contributed by atoms with Crippen LogP contribution in [0.3, 0.4) is 0 Å². The molecule has 0 fully saturated rings. The number of ether oxygens (including phenoxy) is 3. The molecule has 0 saturated carbocycles. The van der Waals surface area contributed by atoms with Gasteiger partial charge in [-0.05, 0) is 128 Å². The van der Waals surface area contributed by atoms with Crippen molar-refractivity contribution in [2.45, 2.75) is 226 Å². The molecule has 0 rings (SSSR count). The number of esters is 3. The van der Waals surface area contributed by atoms with Crippen molar-refractivity contribution in [3.63, 3.8) is 0 Å². The molecule has 0 aromatic heterocycles. The Morgan fingerprint density at radius 3 is 0.875 bits per heavy atom. The van der Waals surface area contributed by atoms with E-state index >= 15 is 0 Å². The zero-order chi connectivity index (χ0) is 52.2. The van der Waals surface area contributed by atoms with E-state index in [2.05, 4.69) is 179 Å². The normalized spacial score (nSPS) is 13.3. The SMILES string of the molecule is CC/C=C\C/C=C\C/C=C\C/C=C\C/C=C\C/C=C\C/C=C\C/C=C\C/C=C\CCCCCC(=O)OCC(COC(=O)CCCCCCCCCC)OC(=O)CCCC/C=C\C/C=C\C/C=C\C/C=C\CC. The van der Waals surface area contributed by atoms with Crippen LogP contribution >= 0.6 is 0 Å². The Labute approximate surface area is 441 Å². The van der Waals surface area contributed by atoms with Crippen LogP contribution < -0.4 is 0 Å². The maximum absolute atomic E-state index is 12.8. The summed E-state index contributed by atoms with van der Waals surface area (Å²) in [6, 6.07) is 0. The lowest BCUT2D eigenvalue weighted by atomic mass is 10.1. The highest BCUT2D eigenvalue weighted by molar-refractivity contribution is 5.71. The molecule has 0 aromatic carbocycles. The number of carbonyl (C=O) groups excluding carboxylic acids is 3. The Bertz CT molecular complexity index is 1660. The molecule has 0 spiro atoms. The number of carbonyl (C=O) groups is 3. The van der Waals surface area contributed by atoms with Crippen molar-refractivity contribution in [3.05, 3.63) is 158 Å². The Hall–Kier alpha value is -4.97. The Morgan fingerprint density at radius 1 is 0.292 bits per heavy atom. The molecule has 6 heteroatoms. The van der Waals surface area contributed by atoms with Crippen molar-refractivity contribution in [1.82, 2.24) is 0 Å². The molecule has 0 aliphatic rings. The highest BCUT2D eigenvalue weighted by Crippen LogP contribution is 2.12. The molecule has 0 N–H and O–H groups in total. The van der Waals surface area contributed by atoms with Crippen molar-refractivity contribution >= 4 is 17.9 Å². The maximum atomic E-state index is 12.8. The van der Waals surface area contributed by atoms with Crippen LogP contribution in [0.15, 0.2) is 158 Å². The Kier molecular flexibility index (Phi) is 54.6. The minimum atomic E-state index is -0.818. The topological polar surface area (TPSA) is 78.9 Å². The molecule has 1 atom stereocenters. The Morgan fingerprint density at radius 2 is 0.542 bits per heavy atom. The van der Waals surface area contributed by atoms with Crippen LogP contribution in [0, 0.1) is 0 Å². The van der Waals surface area contributed by atoms with E-state index in [1.807, 2.05) is 0 Å². The number of rotatable bonds is 49. The average Bonchev–Trinajstić information content (AvgIpc) is 3.38. The van der Waals surface area contributed by atoms with E-state index in [1.165, 1.54) is 32.1 Å². The fourth-order valence-electron chi connectivity index (χ4n) is 7.07. The number of hydrogen-bond donors (Lipinski definition) is 0. The summed E-state index contributed by atoms with van der Waals surface area (Å²) in [4.78, 5) is 37.9. The molecule has 0 radical (unpaired) electrons. The minimum Gasteiger partial charge on any atom is -0.462 e. The summed E-state index contributed by atoms with van der Waals surface area (Å²) in [5.41, 5.74) is 0. The predicted octanol–water partition coefficient (Wildman–Crippen LogP) is 19.4. The Balaban J connectivity index is 4.34. The van der Waals surface area contributed by atoms with E-state index < -0.39 is 6.10 Å². The second-order valence-electron chi connectivity index (χ2n) is 18.1. The van der Waals surface area contributed by atoms with Gasteiger partial charge in [-0.1, -0.05) is 230 Å². The average molecular weight is 992 g/mol. The molecule has 402 valence electrons. The van der Waals surface area contributed by atoms with Crippen molar-refractivity contribution in [2.75, 3.05) is 13.2 Å². The lowest BCUT2D eigenvalue weighted by molar-refractivity contribution is -0.167. The van der Waals surface area contributed by atoms with Gasteiger partial charge in [0, 0.05) is 19.3 Å². The fourth-order valence-corrected chi connectivity index (χ4v) is 7.07. The van der Waals surface area contributed by atoms with Gasteiger partial charge in [-0.25, -0.2) is 0 Å². The van der Waals surface area contributed by atoms with Gasteiger partial charge in [-0.2, -0.15) is 0 Å². The van der Waals surface area contributed by atoms with Gasteiger partial charge in [-0.15, -0.1) is 0 Å². The zero-order valence-electron chi connectivity index (χ0n) is 45.9. The molecular weight excluding hydrogens is 889 g/mol. The van der Waals surface area contributed by atoms with Crippen LogP contribution in [0.5, 0.6) is 0 Å². The molecular formula is C66H102O6. The first-order chi connectivity index (χ1) is 35.5. The molecule has 0 saturated heterocycles. The van der Waals surface area contributed by atoms with Crippen molar-refractivity contribution in [1.29, 1.82) is 0 Å². The third-order valence-electron chi connectivity index (χ3n) is 11.3. The molecule has 72 heavy (non-hydrogen) atoms. The second-order valence-corrected chi connectivity index (χ2v) is 18.1. The molecule has 0 aromatic rings. The minimum absolute atomic E-state index is 0.111. The lowest BCUT2D eigenvalue weighted by Gasteiger charge is -2.18. The van der Waals surface area contributed by atoms with Gasteiger partial charge in [0.15, 0.2) is 6.10 Å². The molecule has 0 aliphatic heterocycles. The largest absolute Gasteiger partial charge is 0.462 e. The number of hydrogen-bond acceptors (Lipinski definition) is 6. The van der Waals surface area contributed by atoms with Gasteiger partial charge in [0.25, 0.3) is 0 Å². The van der Waals surface area contributed by atoms with Crippen LogP contribution in [-0.4, -0.2) is 37.2 Å². The predicted molar refractivity (Wildman–Crippen MR) is 311 cm³/mol. The number of unbranched alkanes of at least 4 members (excludes halogenated alkanes) is 12. The lowest BCUT2D eigenvalue weighted by Crippen LogP contribution is -2.30. The summed E-state index contributed by atoms with van der Waals surface area (Å²) in [5.74, 6) is -1.00. The van der Waals surface area contributed by atoms with E-state index in [-0.39, 0.29) is 37.5 Å². The molecule has 0 bridgehead atoms. The first-order valence-electron chi connectivity index (χ1n) is 28.5. The van der Waals surface area contributed by atoms with Crippen LogP contribution in [0.1, 0.15) is 220 Å². The van der Waals surface area contributed by atoms with Crippen molar-refractivity contribution in [3.8, 4) is 0 Å². The monoisotopic (exact) mass is 991 g/mol. The molecule has 0 aliphatic carbocycles. The van der Waals surface area contributed by atoms with Gasteiger partial charge in [0.2, 0.25) is 0 Å². The standard InChI is InChI=1S/C66H102O6/c1-4-7-10-13-16-19-21-23-25-26-27-28-29-30-31-32-33-34-35-36-37-38-39-40-42-43-45-47-50-53-56-59-65(68)71-62-63(61-70-64(67)58-55-52-49-18-15-12-9-6-3)72-66(69)60-57-54-51-48-46-44-41-24-22-20-17-14-11-8-5-2/h7-8,10-11,16-17,19-20,23-25,27-28,30-31,33-34,36-37,39-41,43,45-46,48,63H,4-6,9,12-15,18,21-22,26,29,32,35,38,42,44,47,49-62H2,1-3H3/b10-7-,11-8-,19-16-,20-17-,25-23-,28-27-,31-30-,34-33-,37-36-,40-39-,41-24-,45-43-,48-46-. The molecule has 6 nitrogen and oxygen atoms in total. The maximum Gasteiger partial charge on any atom is 0.306 e. The van der Waals surface area contributed by atoms with Crippen molar-refractivity contribution in [2.24, 2.45) is 0 Å². The van der Waals surface area contributed by atoms with E-state index in [1.54, 1.807) is 0 Å². The molecule has 1 unspecified atom stereocenters. The van der Waals surface area contributed by atoms with E-state index in [9.17, 15) is 14.4 Å². The quantitative estimate of drug-likeness (QED) is 0.0262. The summed E-state index contributed by atoms with van der Waals surface area (Å²) in [5, 5.41) is 0. The highest BCUT2D eigenvalue weighted by atomic mass is 16.6. The van der Waals surface area contributed by atoms with Gasteiger partial charge in [0.1, 0.15) is 13.2 Å². The van der Waals surface area contributed by atoms with Crippen LogP contribution in [0.4, 0.5) is 0 Å². The summed E-state index contributed by atoms with van der Waals surface area (Å²) in [7, 11) is 0. The summed E-state index contributed by atoms with van der Waals surface area (Å²) >= 11 is 0. The van der Waals surface area contributed by atoms with Crippen molar-refractivity contribution < 1.29 is 28.6 Å². The summed E-state index contributed by atoms with van der Waals surface area (Å²) in [6.07, 6.45) is 85.4. The molecule has 0 heterocycles. The third kappa shape index (κ3) is 56.0.